The lowest BCUT2D eigenvalue weighted by atomic mass is 10.1. The van der Waals surface area contributed by atoms with Crippen LogP contribution in [0.15, 0.2) is 69.7 Å². The number of hydrogen-bond acceptors (Lipinski definition) is 6. The minimum absolute atomic E-state index is 0.00930. The second-order valence-electron chi connectivity index (χ2n) is 7.05. The molecule has 0 unspecified atom stereocenters. The number of carbonyl (C=O) groups is 2. The number of hydrogen-bond donors (Lipinski definition) is 1. The van der Waals surface area contributed by atoms with Crippen LogP contribution in [0.5, 0.6) is 0 Å². The van der Waals surface area contributed by atoms with E-state index in [4.69, 9.17) is 0 Å². The third-order valence-corrected chi connectivity index (χ3v) is 6.65. The molecule has 2 amide bonds. The van der Waals surface area contributed by atoms with E-state index >= 15 is 0 Å². The highest BCUT2D eigenvalue weighted by Gasteiger charge is 2.26. The molecule has 2 heterocycles. The third-order valence-electron chi connectivity index (χ3n) is 4.67. The standard InChI is InChI=1S/C23H22N4O2S2/c1-3-12-27-18-9-8-16(26-21(28)14-30-23-24-11-10-15(2)25-23)13-20(18)31-19-7-5-4-6-17(19)22(27)29/h4-11,13H,3,12,14H2,1-2H3,(H,26,28). The van der Waals surface area contributed by atoms with Gasteiger partial charge in [-0.1, -0.05) is 42.6 Å². The molecule has 0 fully saturated rings. The first-order valence-corrected chi connectivity index (χ1v) is 11.8. The Balaban J connectivity index is 1.54. The van der Waals surface area contributed by atoms with E-state index in [0.717, 1.165) is 27.6 Å². The Hall–Kier alpha value is -2.84. The molecule has 0 bridgehead atoms. The number of aromatic nitrogens is 2. The number of aryl methyl sites for hydroxylation is 1. The molecule has 6 nitrogen and oxygen atoms in total. The summed E-state index contributed by atoms with van der Waals surface area (Å²) in [6.07, 6.45) is 2.54. The minimum Gasteiger partial charge on any atom is -0.325 e. The summed E-state index contributed by atoms with van der Waals surface area (Å²) < 4.78 is 0. The highest BCUT2D eigenvalue weighted by molar-refractivity contribution is 8.00. The predicted octanol–water partition coefficient (Wildman–Crippen LogP) is 5.04. The van der Waals surface area contributed by atoms with Crippen molar-refractivity contribution in [2.75, 3.05) is 22.5 Å². The third kappa shape index (κ3) is 4.91. The van der Waals surface area contributed by atoms with Crippen LogP contribution in [0.2, 0.25) is 0 Å². The molecule has 0 radical (unpaired) electrons. The van der Waals surface area contributed by atoms with Crippen LogP contribution in [0.3, 0.4) is 0 Å². The number of thioether (sulfide) groups is 1. The van der Waals surface area contributed by atoms with Gasteiger partial charge in [-0.15, -0.1) is 0 Å². The van der Waals surface area contributed by atoms with Gasteiger partial charge in [0, 0.05) is 33.9 Å². The first kappa shape index (κ1) is 21.4. The van der Waals surface area contributed by atoms with Crippen LogP contribution in [0.1, 0.15) is 29.4 Å². The van der Waals surface area contributed by atoms with Crippen molar-refractivity contribution in [3.63, 3.8) is 0 Å². The van der Waals surface area contributed by atoms with Gasteiger partial charge < -0.3 is 10.2 Å². The molecule has 1 aromatic heterocycles. The number of nitrogens with zero attached hydrogens (tertiary/aromatic N) is 3. The average Bonchev–Trinajstić information content (AvgIpc) is 2.87. The van der Waals surface area contributed by atoms with Crippen molar-refractivity contribution in [2.45, 2.75) is 35.2 Å². The fraction of sp³-hybridized carbons (Fsp3) is 0.217. The monoisotopic (exact) mass is 450 g/mol. The molecular weight excluding hydrogens is 428 g/mol. The molecule has 8 heteroatoms. The van der Waals surface area contributed by atoms with Crippen molar-refractivity contribution in [2.24, 2.45) is 0 Å². The lowest BCUT2D eigenvalue weighted by molar-refractivity contribution is -0.113. The molecule has 1 aliphatic rings. The van der Waals surface area contributed by atoms with Gasteiger partial charge in [-0.05, 0) is 49.7 Å². The summed E-state index contributed by atoms with van der Waals surface area (Å²) in [5.41, 5.74) is 3.14. The van der Waals surface area contributed by atoms with E-state index in [1.165, 1.54) is 11.8 Å². The number of benzene rings is 2. The summed E-state index contributed by atoms with van der Waals surface area (Å²) in [7, 11) is 0. The summed E-state index contributed by atoms with van der Waals surface area (Å²) in [6, 6.07) is 15.2. The summed E-state index contributed by atoms with van der Waals surface area (Å²) in [6.45, 7) is 4.59. The fourth-order valence-electron chi connectivity index (χ4n) is 3.27. The van der Waals surface area contributed by atoms with Crippen molar-refractivity contribution in [1.82, 2.24) is 9.97 Å². The molecule has 2 aromatic carbocycles. The summed E-state index contributed by atoms with van der Waals surface area (Å²) in [5.74, 6) is 0.0994. The Kier molecular flexibility index (Phi) is 6.58. The van der Waals surface area contributed by atoms with Gasteiger partial charge >= 0.3 is 0 Å². The highest BCUT2D eigenvalue weighted by Crippen LogP contribution is 2.42. The zero-order chi connectivity index (χ0) is 21.8. The van der Waals surface area contributed by atoms with Crippen molar-refractivity contribution < 1.29 is 9.59 Å². The smallest absolute Gasteiger partial charge is 0.259 e. The van der Waals surface area contributed by atoms with Crippen LogP contribution in [0.4, 0.5) is 11.4 Å². The molecule has 3 aromatic rings. The molecule has 0 spiro atoms. The number of rotatable bonds is 6. The van der Waals surface area contributed by atoms with Gasteiger partial charge in [-0.2, -0.15) is 0 Å². The predicted molar refractivity (Wildman–Crippen MR) is 125 cm³/mol. The van der Waals surface area contributed by atoms with E-state index in [0.29, 0.717) is 23.0 Å². The van der Waals surface area contributed by atoms with E-state index < -0.39 is 0 Å². The Morgan fingerprint density at radius 3 is 2.81 bits per heavy atom. The maximum absolute atomic E-state index is 13.1. The largest absolute Gasteiger partial charge is 0.325 e. The Morgan fingerprint density at radius 1 is 1.16 bits per heavy atom. The first-order valence-electron chi connectivity index (χ1n) is 10.00. The summed E-state index contributed by atoms with van der Waals surface area (Å²) in [5, 5.41) is 3.53. The normalized spacial score (nSPS) is 12.7. The van der Waals surface area contributed by atoms with Gasteiger partial charge in [-0.25, -0.2) is 9.97 Å². The molecule has 31 heavy (non-hydrogen) atoms. The molecular formula is C23H22N4O2S2. The van der Waals surface area contributed by atoms with Crippen LogP contribution in [-0.2, 0) is 4.79 Å². The molecule has 158 valence electrons. The minimum atomic E-state index is -0.129. The molecule has 0 aliphatic carbocycles. The number of fused-ring (bicyclic) bond motifs is 2. The zero-order valence-corrected chi connectivity index (χ0v) is 18.9. The van der Waals surface area contributed by atoms with E-state index in [2.05, 4.69) is 22.2 Å². The Bertz CT molecular complexity index is 1140. The highest BCUT2D eigenvalue weighted by atomic mass is 32.2. The second kappa shape index (κ2) is 9.53. The average molecular weight is 451 g/mol. The van der Waals surface area contributed by atoms with Crippen LogP contribution in [0.25, 0.3) is 0 Å². The number of nitrogens with one attached hydrogen (secondary N) is 1. The van der Waals surface area contributed by atoms with Crippen LogP contribution < -0.4 is 10.2 Å². The Labute approximate surface area is 189 Å². The van der Waals surface area contributed by atoms with Crippen LogP contribution in [-0.4, -0.2) is 34.1 Å². The maximum Gasteiger partial charge on any atom is 0.259 e. The fourth-order valence-corrected chi connectivity index (χ4v) is 5.06. The molecule has 0 saturated heterocycles. The van der Waals surface area contributed by atoms with E-state index in [1.807, 2.05) is 60.4 Å². The summed E-state index contributed by atoms with van der Waals surface area (Å²) in [4.78, 5) is 37.8. The first-order chi connectivity index (χ1) is 15.0. The van der Waals surface area contributed by atoms with Crippen molar-refractivity contribution in [3.05, 3.63) is 66.0 Å². The van der Waals surface area contributed by atoms with Gasteiger partial charge in [0.25, 0.3) is 5.91 Å². The lowest BCUT2D eigenvalue weighted by Gasteiger charge is -2.22. The zero-order valence-electron chi connectivity index (χ0n) is 17.3. The van der Waals surface area contributed by atoms with Gasteiger partial charge in [0.2, 0.25) is 5.91 Å². The molecule has 0 atom stereocenters. The van der Waals surface area contributed by atoms with Gasteiger partial charge in [0.05, 0.1) is 17.0 Å². The van der Waals surface area contributed by atoms with E-state index in [1.54, 1.807) is 18.0 Å². The Morgan fingerprint density at radius 2 is 2.00 bits per heavy atom. The number of carbonyl (C=O) groups excluding carboxylic acids is 2. The van der Waals surface area contributed by atoms with E-state index in [-0.39, 0.29) is 17.6 Å². The number of anilines is 2. The van der Waals surface area contributed by atoms with Crippen molar-refractivity contribution in [3.8, 4) is 0 Å². The van der Waals surface area contributed by atoms with Gasteiger partial charge in [0.1, 0.15) is 0 Å². The quantitative estimate of drug-likeness (QED) is 0.419. The van der Waals surface area contributed by atoms with Gasteiger partial charge in [-0.3, -0.25) is 9.59 Å². The maximum atomic E-state index is 13.1. The lowest BCUT2D eigenvalue weighted by Crippen LogP contribution is -2.31. The summed E-state index contributed by atoms with van der Waals surface area (Å²) >= 11 is 2.85. The topological polar surface area (TPSA) is 75.2 Å². The second-order valence-corrected chi connectivity index (χ2v) is 9.08. The molecule has 0 saturated carbocycles. The SMILES string of the molecule is CCCN1C(=O)c2ccccc2Sc2cc(NC(=O)CSc3nccc(C)n3)ccc21. The number of amides is 2. The molecule has 1 aliphatic heterocycles. The molecule has 4 rings (SSSR count). The van der Waals surface area contributed by atoms with E-state index in [9.17, 15) is 9.59 Å². The van der Waals surface area contributed by atoms with Crippen LogP contribution >= 0.6 is 23.5 Å². The van der Waals surface area contributed by atoms with Gasteiger partial charge in [0.15, 0.2) is 5.16 Å². The molecule has 1 N–H and O–H groups in total. The van der Waals surface area contributed by atoms with Crippen molar-refractivity contribution in [1.29, 1.82) is 0 Å². The van der Waals surface area contributed by atoms with Crippen molar-refractivity contribution >= 4 is 46.7 Å². The van der Waals surface area contributed by atoms with Crippen LogP contribution in [0, 0.1) is 6.92 Å².